The van der Waals surface area contributed by atoms with Crippen molar-refractivity contribution in [3.63, 3.8) is 0 Å². The number of nitrogens with zero attached hydrogens (tertiary/aromatic N) is 1. The van der Waals surface area contributed by atoms with Crippen LogP contribution in [0.1, 0.15) is 32.1 Å². The molecule has 2 atom stereocenters. The van der Waals surface area contributed by atoms with Crippen LogP contribution in [0.2, 0.25) is 0 Å². The van der Waals surface area contributed by atoms with Crippen molar-refractivity contribution < 1.29 is 14.3 Å². The normalized spacial score (nSPS) is 28.6. The molecule has 2 aliphatic rings. The maximum atomic E-state index is 12.5. The third-order valence-corrected chi connectivity index (χ3v) is 4.52. The molecule has 1 amide bonds. The van der Waals surface area contributed by atoms with Crippen molar-refractivity contribution in [2.75, 3.05) is 40.5 Å². The van der Waals surface area contributed by atoms with Crippen LogP contribution < -0.4 is 5.32 Å². The Kier molecular flexibility index (Phi) is 6.26. The molecule has 0 radical (unpaired) electrons. The monoisotopic (exact) mass is 284 g/mol. The molecule has 5 nitrogen and oxygen atoms in total. The molecule has 2 saturated heterocycles. The Balaban J connectivity index is 1.80. The molecule has 0 aromatic heterocycles. The van der Waals surface area contributed by atoms with Gasteiger partial charge in [0.15, 0.2) is 0 Å². The Morgan fingerprint density at radius 2 is 1.65 bits per heavy atom. The zero-order chi connectivity index (χ0) is 14.4. The van der Waals surface area contributed by atoms with Crippen LogP contribution in [0.25, 0.3) is 0 Å². The van der Waals surface area contributed by atoms with Crippen LogP contribution in [0.3, 0.4) is 0 Å². The fourth-order valence-electron chi connectivity index (χ4n) is 3.48. The van der Waals surface area contributed by atoms with Gasteiger partial charge in [0.05, 0.1) is 13.2 Å². The van der Waals surface area contributed by atoms with Gasteiger partial charge in [-0.1, -0.05) is 0 Å². The van der Waals surface area contributed by atoms with Gasteiger partial charge in [-0.05, 0) is 31.6 Å². The predicted octanol–water partition coefficient (Wildman–Crippen LogP) is 1.03. The Bertz CT molecular complexity index is 291. The number of amides is 1. The minimum atomic E-state index is 0.255. The van der Waals surface area contributed by atoms with Gasteiger partial charge in [-0.3, -0.25) is 4.79 Å². The van der Waals surface area contributed by atoms with Gasteiger partial charge < -0.3 is 19.7 Å². The van der Waals surface area contributed by atoms with Crippen molar-refractivity contribution in [3.8, 4) is 0 Å². The van der Waals surface area contributed by atoms with Gasteiger partial charge in [-0.2, -0.15) is 0 Å². The fourth-order valence-corrected chi connectivity index (χ4v) is 3.48. The Labute approximate surface area is 122 Å². The van der Waals surface area contributed by atoms with Crippen molar-refractivity contribution in [3.05, 3.63) is 0 Å². The van der Waals surface area contributed by atoms with E-state index in [1.807, 2.05) is 4.90 Å². The number of hydrogen-bond acceptors (Lipinski definition) is 4. The van der Waals surface area contributed by atoms with E-state index in [1.165, 1.54) is 12.8 Å². The quantitative estimate of drug-likeness (QED) is 0.723. The van der Waals surface area contributed by atoms with E-state index in [0.29, 0.717) is 50.7 Å². The van der Waals surface area contributed by atoms with E-state index < -0.39 is 0 Å². The lowest BCUT2D eigenvalue weighted by Crippen LogP contribution is -2.42. The second kappa shape index (κ2) is 7.96. The molecular formula is C15H28N2O3. The molecule has 2 bridgehead atoms. The lowest BCUT2D eigenvalue weighted by atomic mass is 9.89. The zero-order valence-corrected chi connectivity index (χ0v) is 12.8. The number of rotatable bonds is 8. The van der Waals surface area contributed by atoms with Crippen molar-refractivity contribution in [1.29, 1.82) is 0 Å². The highest BCUT2D eigenvalue weighted by molar-refractivity contribution is 5.76. The number of ether oxygens (including phenoxy) is 2. The first-order chi connectivity index (χ1) is 9.72. The summed E-state index contributed by atoms with van der Waals surface area (Å²) in [6.07, 6.45) is 5.57. The number of carbonyl (C=O) groups is 1. The standard InChI is InChI=1S/C15H28N2O3/c1-19-7-5-17(6-8-20-2)15(18)11-12-9-13-3-4-14(10-12)16-13/h12-14,16H,3-11H2,1-2H3. The molecule has 0 saturated carbocycles. The summed E-state index contributed by atoms with van der Waals surface area (Å²) in [5, 5.41) is 3.63. The highest BCUT2D eigenvalue weighted by atomic mass is 16.5. The molecular weight excluding hydrogens is 256 g/mol. The Hall–Kier alpha value is -0.650. The van der Waals surface area contributed by atoms with Gasteiger partial charge in [-0.15, -0.1) is 0 Å². The van der Waals surface area contributed by atoms with Crippen LogP contribution in [0.4, 0.5) is 0 Å². The molecule has 2 rings (SSSR count). The average Bonchev–Trinajstić information content (AvgIpc) is 2.78. The number of piperidine rings is 1. The van der Waals surface area contributed by atoms with Crippen molar-refractivity contribution in [2.45, 2.75) is 44.2 Å². The van der Waals surface area contributed by atoms with Gasteiger partial charge >= 0.3 is 0 Å². The highest BCUT2D eigenvalue weighted by Gasteiger charge is 2.34. The summed E-state index contributed by atoms with van der Waals surface area (Å²) >= 11 is 0. The summed E-state index contributed by atoms with van der Waals surface area (Å²) in [5.41, 5.74) is 0. The number of hydrogen-bond donors (Lipinski definition) is 1. The number of carbonyl (C=O) groups excluding carboxylic acids is 1. The minimum Gasteiger partial charge on any atom is -0.383 e. The average molecular weight is 284 g/mol. The van der Waals surface area contributed by atoms with Gasteiger partial charge in [0, 0.05) is 45.8 Å². The lowest BCUT2D eigenvalue weighted by Gasteiger charge is -2.30. The smallest absolute Gasteiger partial charge is 0.223 e. The summed E-state index contributed by atoms with van der Waals surface area (Å²) in [6, 6.07) is 1.30. The van der Waals surface area contributed by atoms with Crippen LogP contribution in [-0.4, -0.2) is 63.4 Å². The molecule has 0 aliphatic carbocycles. The number of fused-ring (bicyclic) bond motifs is 2. The van der Waals surface area contributed by atoms with E-state index in [4.69, 9.17) is 9.47 Å². The summed E-state index contributed by atoms with van der Waals surface area (Å²) in [6.45, 7) is 2.51. The third kappa shape index (κ3) is 4.43. The molecule has 116 valence electrons. The van der Waals surface area contributed by atoms with E-state index in [-0.39, 0.29) is 5.91 Å². The molecule has 0 aromatic carbocycles. The third-order valence-electron chi connectivity index (χ3n) is 4.52. The largest absolute Gasteiger partial charge is 0.383 e. The molecule has 0 aromatic rings. The van der Waals surface area contributed by atoms with Crippen LogP contribution in [0.5, 0.6) is 0 Å². The van der Waals surface area contributed by atoms with Crippen LogP contribution in [0.15, 0.2) is 0 Å². The summed E-state index contributed by atoms with van der Waals surface area (Å²) < 4.78 is 10.2. The molecule has 2 aliphatic heterocycles. The van der Waals surface area contributed by atoms with Crippen molar-refractivity contribution in [2.24, 2.45) is 5.92 Å². The van der Waals surface area contributed by atoms with Crippen molar-refractivity contribution in [1.82, 2.24) is 10.2 Å². The highest BCUT2D eigenvalue weighted by Crippen LogP contribution is 2.32. The molecule has 5 heteroatoms. The molecule has 2 fully saturated rings. The second-order valence-electron chi connectivity index (χ2n) is 6.05. The Morgan fingerprint density at radius 3 is 2.15 bits per heavy atom. The maximum absolute atomic E-state index is 12.5. The fraction of sp³-hybridized carbons (Fsp3) is 0.933. The van der Waals surface area contributed by atoms with E-state index in [2.05, 4.69) is 5.32 Å². The first-order valence-electron chi connectivity index (χ1n) is 7.74. The molecule has 1 N–H and O–H groups in total. The molecule has 20 heavy (non-hydrogen) atoms. The minimum absolute atomic E-state index is 0.255. The summed E-state index contributed by atoms with van der Waals surface area (Å²) in [4.78, 5) is 14.3. The molecule has 2 unspecified atom stereocenters. The van der Waals surface area contributed by atoms with Crippen LogP contribution >= 0.6 is 0 Å². The maximum Gasteiger partial charge on any atom is 0.223 e. The number of methoxy groups -OCH3 is 2. The van der Waals surface area contributed by atoms with E-state index in [9.17, 15) is 4.79 Å². The van der Waals surface area contributed by atoms with Crippen LogP contribution in [0, 0.1) is 5.92 Å². The SMILES string of the molecule is COCCN(CCOC)C(=O)CC1CC2CCC(C1)N2. The topological polar surface area (TPSA) is 50.8 Å². The Morgan fingerprint density at radius 1 is 1.10 bits per heavy atom. The van der Waals surface area contributed by atoms with Gasteiger partial charge in [0.1, 0.15) is 0 Å². The van der Waals surface area contributed by atoms with Crippen LogP contribution in [-0.2, 0) is 14.3 Å². The summed E-state index contributed by atoms with van der Waals surface area (Å²) in [5.74, 6) is 0.805. The first-order valence-corrected chi connectivity index (χ1v) is 7.74. The van der Waals surface area contributed by atoms with E-state index in [0.717, 1.165) is 12.8 Å². The van der Waals surface area contributed by atoms with E-state index >= 15 is 0 Å². The van der Waals surface area contributed by atoms with E-state index in [1.54, 1.807) is 14.2 Å². The zero-order valence-electron chi connectivity index (χ0n) is 12.8. The lowest BCUT2D eigenvalue weighted by molar-refractivity contribution is -0.133. The van der Waals surface area contributed by atoms with Gasteiger partial charge in [0.25, 0.3) is 0 Å². The second-order valence-corrected chi connectivity index (χ2v) is 6.05. The first kappa shape index (κ1) is 15.7. The number of nitrogens with one attached hydrogen (secondary N) is 1. The molecule has 2 heterocycles. The van der Waals surface area contributed by atoms with Crippen molar-refractivity contribution >= 4 is 5.91 Å². The van der Waals surface area contributed by atoms with Gasteiger partial charge in [0.2, 0.25) is 5.91 Å². The van der Waals surface area contributed by atoms with Gasteiger partial charge in [-0.25, -0.2) is 0 Å². The molecule has 0 spiro atoms. The summed E-state index contributed by atoms with van der Waals surface area (Å²) in [7, 11) is 3.34. The predicted molar refractivity (Wildman–Crippen MR) is 77.6 cm³/mol.